The first-order valence-electron chi connectivity index (χ1n) is 8.95. The summed E-state index contributed by atoms with van der Waals surface area (Å²) in [5.41, 5.74) is 1.37. The van der Waals surface area contributed by atoms with E-state index >= 15 is 0 Å². The van der Waals surface area contributed by atoms with E-state index < -0.39 is 0 Å². The number of nitrogens with one attached hydrogen (secondary N) is 2. The van der Waals surface area contributed by atoms with E-state index in [1.54, 1.807) is 0 Å². The van der Waals surface area contributed by atoms with E-state index in [9.17, 15) is 0 Å². The molecule has 24 heavy (non-hydrogen) atoms. The van der Waals surface area contributed by atoms with Crippen LogP contribution in [0.1, 0.15) is 38.7 Å². The summed E-state index contributed by atoms with van der Waals surface area (Å²) in [5, 5.41) is 6.80. The van der Waals surface area contributed by atoms with Crippen molar-refractivity contribution in [1.29, 1.82) is 0 Å². The molecular formula is C19H33IN4. The van der Waals surface area contributed by atoms with Gasteiger partial charge in [-0.3, -0.25) is 9.89 Å². The first-order chi connectivity index (χ1) is 11.2. The molecule has 0 bridgehead atoms. The van der Waals surface area contributed by atoms with Crippen LogP contribution in [0.3, 0.4) is 0 Å². The van der Waals surface area contributed by atoms with Gasteiger partial charge in [0.15, 0.2) is 5.96 Å². The summed E-state index contributed by atoms with van der Waals surface area (Å²) in [7, 11) is 2.20. The summed E-state index contributed by atoms with van der Waals surface area (Å²) in [6, 6.07) is 11.2. The van der Waals surface area contributed by atoms with Crippen molar-refractivity contribution in [1.82, 2.24) is 15.5 Å². The summed E-state index contributed by atoms with van der Waals surface area (Å²) in [5.74, 6) is 1.80. The third-order valence-corrected chi connectivity index (χ3v) is 4.43. The summed E-state index contributed by atoms with van der Waals surface area (Å²) < 4.78 is 0. The van der Waals surface area contributed by atoms with E-state index in [0.29, 0.717) is 6.04 Å². The van der Waals surface area contributed by atoms with Crippen LogP contribution in [0, 0.1) is 5.92 Å². The Balaban J connectivity index is 0.00000288. The zero-order valence-electron chi connectivity index (χ0n) is 15.3. The second kappa shape index (κ2) is 11.7. The zero-order valence-corrected chi connectivity index (χ0v) is 17.6. The van der Waals surface area contributed by atoms with Gasteiger partial charge in [0.05, 0.1) is 0 Å². The predicted octanol–water partition coefficient (Wildman–Crippen LogP) is 3.48. The number of halogens is 1. The Morgan fingerprint density at radius 3 is 2.58 bits per heavy atom. The lowest BCUT2D eigenvalue weighted by molar-refractivity contribution is 0.238. The molecule has 0 radical (unpaired) electrons. The molecule has 2 rings (SSSR count). The van der Waals surface area contributed by atoms with E-state index in [1.165, 1.54) is 18.4 Å². The summed E-state index contributed by atoms with van der Waals surface area (Å²) in [6.07, 6.45) is 3.81. The summed E-state index contributed by atoms with van der Waals surface area (Å²) in [4.78, 5) is 7.07. The minimum absolute atomic E-state index is 0. The number of nitrogens with zero attached hydrogens (tertiary/aromatic N) is 2. The standard InChI is InChI=1S/C19H32N4.HI/c1-4-20-19(22-14-17-10-11-17)21-13-12-16(2)23(3)15-18-8-6-5-7-9-18;/h5-9,16-17H,4,10-15H2,1-3H3,(H2,20,21,22);1H. The maximum absolute atomic E-state index is 4.67. The number of guanidine groups is 1. The van der Waals surface area contributed by atoms with E-state index in [2.05, 4.69) is 71.8 Å². The van der Waals surface area contributed by atoms with E-state index in [1.807, 2.05) is 0 Å². The fourth-order valence-corrected chi connectivity index (χ4v) is 2.51. The Morgan fingerprint density at radius 2 is 1.96 bits per heavy atom. The van der Waals surface area contributed by atoms with Crippen LogP contribution in [0.15, 0.2) is 35.3 Å². The lowest BCUT2D eigenvalue weighted by Crippen LogP contribution is -2.40. The number of benzene rings is 1. The lowest BCUT2D eigenvalue weighted by atomic mass is 10.1. The van der Waals surface area contributed by atoms with Crippen LogP contribution in [0.5, 0.6) is 0 Å². The molecule has 1 aromatic rings. The minimum Gasteiger partial charge on any atom is -0.357 e. The van der Waals surface area contributed by atoms with E-state index in [4.69, 9.17) is 0 Å². The van der Waals surface area contributed by atoms with Crippen LogP contribution in [0.25, 0.3) is 0 Å². The molecule has 2 N–H and O–H groups in total. The SMILES string of the molecule is CCNC(=NCC1CC1)NCCC(C)N(C)Cc1ccccc1.I. The third kappa shape index (κ3) is 8.33. The maximum atomic E-state index is 4.67. The molecule has 1 fully saturated rings. The van der Waals surface area contributed by atoms with Gasteiger partial charge in [0, 0.05) is 32.2 Å². The van der Waals surface area contributed by atoms with Gasteiger partial charge < -0.3 is 10.6 Å². The van der Waals surface area contributed by atoms with Crippen LogP contribution >= 0.6 is 24.0 Å². The van der Waals surface area contributed by atoms with Crippen LogP contribution in [0.2, 0.25) is 0 Å². The van der Waals surface area contributed by atoms with Gasteiger partial charge in [-0.15, -0.1) is 24.0 Å². The molecule has 0 amide bonds. The molecule has 1 aliphatic rings. The third-order valence-electron chi connectivity index (χ3n) is 4.43. The summed E-state index contributed by atoms with van der Waals surface area (Å²) >= 11 is 0. The van der Waals surface area contributed by atoms with Crippen molar-refractivity contribution in [2.75, 3.05) is 26.7 Å². The number of aliphatic imine (C=N–C) groups is 1. The molecule has 4 nitrogen and oxygen atoms in total. The Kier molecular flexibility index (Phi) is 10.3. The van der Waals surface area contributed by atoms with E-state index in [-0.39, 0.29) is 24.0 Å². The van der Waals surface area contributed by atoms with Gasteiger partial charge in [-0.25, -0.2) is 0 Å². The molecule has 1 saturated carbocycles. The van der Waals surface area contributed by atoms with E-state index in [0.717, 1.165) is 44.5 Å². The molecular weight excluding hydrogens is 411 g/mol. The van der Waals surface area contributed by atoms with Crippen molar-refractivity contribution in [3.8, 4) is 0 Å². The van der Waals surface area contributed by atoms with Crippen LogP contribution in [-0.4, -0.2) is 43.6 Å². The second-order valence-electron chi connectivity index (χ2n) is 6.63. The largest absolute Gasteiger partial charge is 0.357 e. The minimum atomic E-state index is 0. The first kappa shape index (κ1) is 21.2. The van der Waals surface area contributed by atoms with Crippen LogP contribution in [0.4, 0.5) is 0 Å². The highest BCUT2D eigenvalue weighted by atomic mass is 127. The van der Waals surface area contributed by atoms with Gasteiger partial charge in [0.25, 0.3) is 0 Å². The molecule has 136 valence electrons. The number of rotatable bonds is 9. The topological polar surface area (TPSA) is 39.7 Å². The Morgan fingerprint density at radius 1 is 1.25 bits per heavy atom. The number of hydrogen-bond donors (Lipinski definition) is 2. The van der Waals surface area contributed by atoms with Gasteiger partial charge in [-0.1, -0.05) is 30.3 Å². The monoisotopic (exact) mass is 444 g/mol. The fourth-order valence-electron chi connectivity index (χ4n) is 2.51. The normalized spacial score (nSPS) is 15.8. The molecule has 1 aromatic carbocycles. The van der Waals surface area contributed by atoms with Crippen molar-refractivity contribution in [3.05, 3.63) is 35.9 Å². The first-order valence-corrected chi connectivity index (χ1v) is 8.95. The molecule has 1 unspecified atom stereocenters. The molecule has 5 heteroatoms. The highest BCUT2D eigenvalue weighted by molar-refractivity contribution is 14.0. The smallest absolute Gasteiger partial charge is 0.191 e. The van der Waals surface area contributed by atoms with Crippen LogP contribution in [-0.2, 0) is 6.54 Å². The van der Waals surface area contributed by atoms with Crippen molar-refractivity contribution in [3.63, 3.8) is 0 Å². The van der Waals surface area contributed by atoms with Crippen molar-refractivity contribution in [2.45, 2.75) is 45.7 Å². The zero-order chi connectivity index (χ0) is 16.5. The van der Waals surface area contributed by atoms with Gasteiger partial charge in [-0.05, 0) is 51.6 Å². The second-order valence-corrected chi connectivity index (χ2v) is 6.63. The summed E-state index contributed by atoms with van der Waals surface area (Å²) in [6.45, 7) is 8.25. The van der Waals surface area contributed by atoms with Crippen molar-refractivity contribution in [2.24, 2.45) is 10.9 Å². The molecule has 0 aromatic heterocycles. The highest BCUT2D eigenvalue weighted by Crippen LogP contribution is 2.28. The maximum Gasteiger partial charge on any atom is 0.191 e. The lowest BCUT2D eigenvalue weighted by Gasteiger charge is -2.25. The van der Waals surface area contributed by atoms with Crippen LogP contribution < -0.4 is 10.6 Å². The Hall–Kier alpha value is -0.820. The van der Waals surface area contributed by atoms with Crippen molar-refractivity contribution < 1.29 is 0 Å². The average Bonchev–Trinajstić information content (AvgIpc) is 3.37. The molecule has 0 spiro atoms. The van der Waals surface area contributed by atoms with Crippen molar-refractivity contribution >= 4 is 29.9 Å². The molecule has 0 heterocycles. The van der Waals surface area contributed by atoms with Gasteiger partial charge >= 0.3 is 0 Å². The molecule has 1 atom stereocenters. The predicted molar refractivity (Wildman–Crippen MR) is 114 cm³/mol. The highest BCUT2D eigenvalue weighted by Gasteiger charge is 2.20. The van der Waals surface area contributed by atoms with Gasteiger partial charge in [0.2, 0.25) is 0 Å². The quantitative estimate of drug-likeness (QED) is 0.348. The Bertz CT molecular complexity index is 474. The number of hydrogen-bond acceptors (Lipinski definition) is 2. The fraction of sp³-hybridized carbons (Fsp3) is 0.632. The van der Waals surface area contributed by atoms with Gasteiger partial charge in [-0.2, -0.15) is 0 Å². The average molecular weight is 444 g/mol. The molecule has 1 aliphatic carbocycles. The van der Waals surface area contributed by atoms with Gasteiger partial charge in [0.1, 0.15) is 0 Å². The molecule has 0 saturated heterocycles. The molecule has 0 aliphatic heterocycles. The Labute approximate surface area is 164 Å².